The number of benzene rings is 2. The lowest BCUT2D eigenvalue weighted by Gasteiger charge is -2.07. The summed E-state index contributed by atoms with van der Waals surface area (Å²) in [5.41, 5.74) is 2.00. The summed E-state index contributed by atoms with van der Waals surface area (Å²) in [6.45, 7) is 4.02. The van der Waals surface area contributed by atoms with E-state index >= 15 is 0 Å². The van der Waals surface area contributed by atoms with Crippen LogP contribution in [0.4, 0.5) is 5.69 Å². The molecule has 1 heterocycles. The van der Waals surface area contributed by atoms with Crippen LogP contribution in [0.2, 0.25) is 0 Å². The smallest absolute Gasteiger partial charge is 0.234 e. The van der Waals surface area contributed by atoms with Crippen molar-refractivity contribution in [2.45, 2.75) is 19.0 Å². The first-order valence-corrected chi connectivity index (χ1v) is 9.60. The van der Waals surface area contributed by atoms with E-state index in [1.165, 1.54) is 18.7 Å². The van der Waals surface area contributed by atoms with Crippen LogP contribution in [0, 0.1) is 0 Å². The van der Waals surface area contributed by atoms with Crippen LogP contribution in [0.15, 0.2) is 53.7 Å². The molecule has 2 aromatic carbocycles. The van der Waals surface area contributed by atoms with Gasteiger partial charge in [-0.2, -0.15) is 4.68 Å². The van der Waals surface area contributed by atoms with E-state index in [0.717, 1.165) is 11.4 Å². The Hall–Kier alpha value is -3.20. The Balaban J connectivity index is 1.60. The molecule has 0 bridgehead atoms. The van der Waals surface area contributed by atoms with Gasteiger partial charge in [-0.3, -0.25) is 9.59 Å². The summed E-state index contributed by atoms with van der Waals surface area (Å²) in [7, 11) is 0. The molecule has 9 heteroatoms. The fraction of sp³-hybridized carbons (Fsp3) is 0.211. The highest BCUT2D eigenvalue weighted by atomic mass is 32.2. The van der Waals surface area contributed by atoms with Crippen LogP contribution in [0.25, 0.3) is 5.69 Å². The molecule has 28 heavy (non-hydrogen) atoms. The maximum atomic E-state index is 12.2. The maximum absolute atomic E-state index is 12.2. The zero-order chi connectivity index (χ0) is 19.9. The molecule has 0 radical (unpaired) electrons. The van der Waals surface area contributed by atoms with Gasteiger partial charge in [0.2, 0.25) is 11.1 Å². The summed E-state index contributed by atoms with van der Waals surface area (Å²) in [4.78, 5) is 23.5. The number of tetrazole rings is 1. The van der Waals surface area contributed by atoms with E-state index in [1.54, 1.807) is 28.9 Å². The highest BCUT2D eigenvalue weighted by molar-refractivity contribution is 7.99. The molecule has 1 N–H and O–H groups in total. The van der Waals surface area contributed by atoms with Gasteiger partial charge in [-0.1, -0.05) is 11.8 Å². The standard InChI is InChI=1S/C19H19N5O3S/c1-3-27-17-10-8-16(9-11-17)24-19(21-22-23-24)28-12-18(26)20-15-6-4-14(5-7-15)13(2)25/h4-11H,3,12H2,1-2H3,(H,20,26). The van der Waals surface area contributed by atoms with Crippen molar-refractivity contribution >= 4 is 29.1 Å². The molecule has 144 valence electrons. The van der Waals surface area contributed by atoms with E-state index in [2.05, 4.69) is 20.8 Å². The number of nitrogens with zero attached hydrogens (tertiary/aromatic N) is 4. The van der Waals surface area contributed by atoms with Crippen LogP contribution in [0.5, 0.6) is 5.75 Å². The normalized spacial score (nSPS) is 10.5. The molecular weight excluding hydrogens is 378 g/mol. The van der Waals surface area contributed by atoms with E-state index in [0.29, 0.717) is 23.0 Å². The van der Waals surface area contributed by atoms with Crippen molar-refractivity contribution in [2.24, 2.45) is 0 Å². The number of ketones is 1. The first kappa shape index (κ1) is 19.6. The summed E-state index contributed by atoms with van der Waals surface area (Å²) in [6.07, 6.45) is 0. The molecule has 1 aromatic heterocycles. The SMILES string of the molecule is CCOc1ccc(-n2nnnc2SCC(=O)Nc2ccc(C(C)=O)cc2)cc1. The van der Waals surface area contributed by atoms with Gasteiger partial charge >= 0.3 is 0 Å². The zero-order valence-corrected chi connectivity index (χ0v) is 16.3. The number of thioether (sulfide) groups is 1. The second kappa shape index (κ2) is 9.14. The lowest BCUT2D eigenvalue weighted by molar-refractivity contribution is -0.113. The third kappa shape index (κ3) is 4.95. The van der Waals surface area contributed by atoms with Crippen LogP contribution < -0.4 is 10.1 Å². The average molecular weight is 397 g/mol. The Bertz CT molecular complexity index is 954. The number of carbonyl (C=O) groups is 2. The number of hydrogen-bond acceptors (Lipinski definition) is 7. The quantitative estimate of drug-likeness (QED) is 0.461. The van der Waals surface area contributed by atoms with E-state index in [9.17, 15) is 9.59 Å². The number of nitrogens with one attached hydrogen (secondary N) is 1. The van der Waals surface area contributed by atoms with E-state index in [4.69, 9.17) is 4.74 Å². The van der Waals surface area contributed by atoms with Crippen molar-refractivity contribution in [1.29, 1.82) is 0 Å². The Morgan fingerprint density at radius 2 is 1.82 bits per heavy atom. The highest BCUT2D eigenvalue weighted by Crippen LogP contribution is 2.21. The molecule has 8 nitrogen and oxygen atoms in total. The van der Waals surface area contributed by atoms with Crippen molar-refractivity contribution < 1.29 is 14.3 Å². The first-order valence-electron chi connectivity index (χ1n) is 8.62. The second-order valence-electron chi connectivity index (χ2n) is 5.77. The Labute approximate surface area is 166 Å². The van der Waals surface area contributed by atoms with Crippen molar-refractivity contribution in [3.05, 3.63) is 54.1 Å². The average Bonchev–Trinajstić information content (AvgIpc) is 3.16. The number of hydrogen-bond donors (Lipinski definition) is 1. The largest absolute Gasteiger partial charge is 0.494 e. The van der Waals surface area contributed by atoms with Crippen LogP contribution >= 0.6 is 11.8 Å². The molecule has 0 spiro atoms. The van der Waals surface area contributed by atoms with Crippen molar-refractivity contribution in [1.82, 2.24) is 20.2 Å². The number of ether oxygens (including phenoxy) is 1. The third-order valence-corrected chi connectivity index (χ3v) is 4.66. The minimum atomic E-state index is -0.193. The zero-order valence-electron chi connectivity index (χ0n) is 15.5. The summed E-state index contributed by atoms with van der Waals surface area (Å²) in [5, 5.41) is 14.9. The minimum absolute atomic E-state index is 0.0189. The molecule has 0 saturated heterocycles. The number of amides is 1. The summed E-state index contributed by atoms with van der Waals surface area (Å²) in [5.74, 6) is 0.700. The monoisotopic (exact) mass is 397 g/mol. The van der Waals surface area contributed by atoms with E-state index in [1.807, 2.05) is 31.2 Å². The number of Topliss-reactive ketones (excluding diaryl/α,β-unsaturated/α-hetero) is 1. The predicted molar refractivity (Wildman–Crippen MR) is 106 cm³/mol. The second-order valence-corrected chi connectivity index (χ2v) is 6.71. The molecule has 0 unspecified atom stereocenters. The fourth-order valence-corrected chi connectivity index (χ4v) is 3.09. The van der Waals surface area contributed by atoms with Crippen molar-refractivity contribution in [2.75, 3.05) is 17.7 Å². The maximum Gasteiger partial charge on any atom is 0.234 e. The molecule has 0 fully saturated rings. The van der Waals surface area contributed by atoms with Gasteiger partial charge in [0.15, 0.2) is 5.78 Å². The van der Waals surface area contributed by atoms with Gasteiger partial charge in [-0.25, -0.2) is 0 Å². The molecule has 3 aromatic rings. The molecule has 0 atom stereocenters. The Morgan fingerprint density at radius 1 is 1.11 bits per heavy atom. The van der Waals surface area contributed by atoms with Gasteiger partial charge in [-0.15, -0.1) is 5.10 Å². The van der Waals surface area contributed by atoms with Gasteiger partial charge < -0.3 is 10.1 Å². The number of aromatic nitrogens is 4. The lowest BCUT2D eigenvalue weighted by Crippen LogP contribution is -2.14. The Morgan fingerprint density at radius 3 is 2.46 bits per heavy atom. The molecular formula is C19H19N5O3S. The molecule has 0 aliphatic rings. The van der Waals surface area contributed by atoms with Crippen molar-refractivity contribution in [3.63, 3.8) is 0 Å². The highest BCUT2D eigenvalue weighted by Gasteiger charge is 2.12. The predicted octanol–water partition coefficient (Wildman–Crippen LogP) is 2.99. The third-order valence-electron chi connectivity index (χ3n) is 3.74. The van der Waals surface area contributed by atoms with E-state index < -0.39 is 0 Å². The van der Waals surface area contributed by atoms with Gasteiger partial charge in [0.25, 0.3) is 0 Å². The van der Waals surface area contributed by atoms with Crippen LogP contribution in [-0.2, 0) is 4.79 Å². The Kier molecular flexibility index (Phi) is 6.38. The van der Waals surface area contributed by atoms with Crippen LogP contribution in [0.1, 0.15) is 24.2 Å². The number of carbonyl (C=O) groups excluding carboxylic acids is 2. The molecule has 3 rings (SSSR count). The van der Waals surface area contributed by atoms with Gasteiger partial charge in [-0.05, 0) is 72.8 Å². The number of rotatable bonds is 8. The lowest BCUT2D eigenvalue weighted by atomic mass is 10.1. The summed E-state index contributed by atoms with van der Waals surface area (Å²) >= 11 is 1.23. The molecule has 0 saturated carbocycles. The topological polar surface area (TPSA) is 99.0 Å². The minimum Gasteiger partial charge on any atom is -0.494 e. The molecule has 1 amide bonds. The van der Waals surface area contributed by atoms with Gasteiger partial charge in [0.05, 0.1) is 18.0 Å². The van der Waals surface area contributed by atoms with E-state index in [-0.39, 0.29) is 17.4 Å². The summed E-state index contributed by atoms with van der Waals surface area (Å²) < 4.78 is 6.99. The molecule has 0 aliphatic heterocycles. The fourth-order valence-electron chi connectivity index (χ4n) is 2.40. The van der Waals surface area contributed by atoms with Crippen LogP contribution in [0.3, 0.4) is 0 Å². The van der Waals surface area contributed by atoms with Crippen LogP contribution in [-0.4, -0.2) is 44.3 Å². The number of anilines is 1. The first-order chi connectivity index (χ1) is 13.6. The van der Waals surface area contributed by atoms with Crippen molar-refractivity contribution in [3.8, 4) is 11.4 Å². The molecule has 0 aliphatic carbocycles. The van der Waals surface area contributed by atoms with Gasteiger partial charge in [0, 0.05) is 11.3 Å². The van der Waals surface area contributed by atoms with Gasteiger partial charge in [0.1, 0.15) is 5.75 Å². The summed E-state index contributed by atoms with van der Waals surface area (Å²) in [6, 6.07) is 14.1.